The molecule has 1 N–H and O–H groups in total. The summed E-state index contributed by atoms with van der Waals surface area (Å²) in [5.74, 6) is 1.67. The highest BCUT2D eigenvalue weighted by Crippen LogP contribution is 2.26. The van der Waals surface area contributed by atoms with Gasteiger partial charge in [0.25, 0.3) is 0 Å². The third-order valence-electron chi connectivity index (χ3n) is 2.70. The van der Waals surface area contributed by atoms with Crippen molar-refractivity contribution in [2.45, 2.75) is 12.8 Å². The van der Waals surface area contributed by atoms with E-state index >= 15 is 0 Å². The molecule has 1 aliphatic heterocycles. The molecule has 0 saturated carbocycles. The van der Waals surface area contributed by atoms with Crippen molar-refractivity contribution in [2.75, 3.05) is 20.2 Å². The fourth-order valence-electron chi connectivity index (χ4n) is 1.74. The van der Waals surface area contributed by atoms with Crippen LogP contribution in [0.4, 0.5) is 0 Å². The van der Waals surface area contributed by atoms with E-state index in [0.29, 0.717) is 5.92 Å². The molecule has 0 amide bonds. The van der Waals surface area contributed by atoms with Crippen LogP contribution in [-0.2, 0) is 0 Å². The average molecular weight is 177 g/mol. The highest BCUT2D eigenvalue weighted by molar-refractivity contribution is 5.38. The molecule has 1 heterocycles. The molecule has 0 aliphatic carbocycles. The van der Waals surface area contributed by atoms with Crippen molar-refractivity contribution in [3.8, 4) is 5.75 Å². The summed E-state index contributed by atoms with van der Waals surface area (Å²) in [6, 6.07) is 6.33. The first-order chi connectivity index (χ1) is 6.31. The SMILES string of the molecule is COc1ccc(C2CNC2)c(C)c1. The lowest BCUT2D eigenvalue weighted by Gasteiger charge is -2.28. The average Bonchev–Trinajstić information content (AvgIpc) is 2.05. The van der Waals surface area contributed by atoms with Gasteiger partial charge in [0.2, 0.25) is 0 Å². The van der Waals surface area contributed by atoms with Crippen molar-refractivity contribution in [3.63, 3.8) is 0 Å². The van der Waals surface area contributed by atoms with Crippen LogP contribution in [0.3, 0.4) is 0 Å². The molecule has 13 heavy (non-hydrogen) atoms. The first kappa shape index (κ1) is 8.57. The van der Waals surface area contributed by atoms with E-state index in [4.69, 9.17) is 4.74 Å². The summed E-state index contributed by atoms with van der Waals surface area (Å²) in [7, 11) is 1.71. The summed E-state index contributed by atoms with van der Waals surface area (Å²) in [6.07, 6.45) is 0. The van der Waals surface area contributed by atoms with Gasteiger partial charge in [0.05, 0.1) is 7.11 Å². The Morgan fingerprint density at radius 1 is 1.38 bits per heavy atom. The Balaban J connectivity index is 2.26. The lowest BCUT2D eigenvalue weighted by atomic mass is 9.90. The summed E-state index contributed by atoms with van der Waals surface area (Å²) in [4.78, 5) is 0. The van der Waals surface area contributed by atoms with Gasteiger partial charge in [-0.2, -0.15) is 0 Å². The van der Waals surface area contributed by atoms with Gasteiger partial charge in [0.1, 0.15) is 5.75 Å². The summed E-state index contributed by atoms with van der Waals surface area (Å²) >= 11 is 0. The Kier molecular flexibility index (Phi) is 2.23. The number of ether oxygens (including phenoxy) is 1. The largest absolute Gasteiger partial charge is 0.497 e. The molecule has 1 fully saturated rings. The second-order valence-electron chi connectivity index (χ2n) is 3.58. The van der Waals surface area contributed by atoms with E-state index in [0.717, 1.165) is 18.8 Å². The first-order valence-corrected chi connectivity index (χ1v) is 4.66. The van der Waals surface area contributed by atoms with Crippen LogP contribution in [0.25, 0.3) is 0 Å². The quantitative estimate of drug-likeness (QED) is 0.742. The van der Waals surface area contributed by atoms with Crippen LogP contribution < -0.4 is 10.1 Å². The van der Waals surface area contributed by atoms with E-state index in [1.165, 1.54) is 11.1 Å². The molecule has 0 unspecified atom stereocenters. The molecular formula is C11H15NO. The number of hydrogen-bond acceptors (Lipinski definition) is 2. The molecule has 0 spiro atoms. The molecule has 0 aromatic heterocycles. The van der Waals surface area contributed by atoms with Crippen LogP contribution >= 0.6 is 0 Å². The van der Waals surface area contributed by atoms with Crippen LogP contribution in [0.1, 0.15) is 17.0 Å². The van der Waals surface area contributed by atoms with Crippen molar-refractivity contribution in [2.24, 2.45) is 0 Å². The van der Waals surface area contributed by atoms with Crippen molar-refractivity contribution >= 4 is 0 Å². The third kappa shape index (κ3) is 1.54. The zero-order valence-electron chi connectivity index (χ0n) is 8.13. The van der Waals surface area contributed by atoms with Crippen LogP contribution in [0.15, 0.2) is 18.2 Å². The zero-order chi connectivity index (χ0) is 9.26. The third-order valence-corrected chi connectivity index (χ3v) is 2.70. The normalized spacial score (nSPS) is 16.8. The number of aryl methyl sites for hydroxylation is 1. The number of hydrogen-bond donors (Lipinski definition) is 1. The Morgan fingerprint density at radius 3 is 2.62 bits per heavy atom. The van der Waals surface area contributed by atoms with Crippen LogP contribution in [0.2, 0.25) is 0 Å². The van der Waals surface area contributed by atoms with Crippen molar-refractivity contribution in [1.29, 1.82) is 0 Å². The molecule has 0 bridgehead atoms. The van der Waals surface area contributed by atoms with E-state index in [2.05, 4.69) is 24.4 Å². The van der Waals surface area contributed by atoms with Gasteiger partial charge < -0.3 is 10.1 Å². The minimum absolute atomic E-state index is 0.714. The maximum Gasteiger partial charge on any atom is 0.119 e. The van der Waals surface area contributed by atoms with E-state index in [1.54, 1.807) is 7.11 Å². The minimum Gasteiger partial charge on any atom is -0.497 e. The molecule has 1 saturated heterocycles. The molecule has 2 rings (SSSR count). The van der Waals surface area contributed by atoms with Crippen LogP contribution in [-0.4, -0.2) is 20.2 Å². The summed E-state index contributed by atoms with van der Waals surface area (Å²) in [5.41, 5.74) is 2.80. The molecule has 0 atom stereocenters. The smallest absolute Gasteiger partial charge is 0.119 e. The Labute approximate surface area is 78.9 Å². The van der Waals surface area contributed by atoms with Gasteiger partial charge in [-0.3, -0.25) is 0 Å². The van der Waals surface area contributed by atoms with Crippen molar-refractivity contribution in [1.82, 2.24) is 5.32 Å². The Hall–Kier alpha value is -1.02. The van der Waals surface area contributed by atoms with Gasteiger partial charge in [-0.1, -0.05) is 6.07 Å². The zero-order valence-corrected chi connectivity index (χ0v) is 8.13. The molecule has 1 aromatic carbocycles. The van der Waals surface area contributed by atoms with Gasteiger partial charge in [-0.15, -0.1) is 0 Å². The number of benzene rings is 1. The summed E-state index contributed by atoms with van der Waals surface area (Å²) < 4.78 is 5.17. The second kappa shape index (κ2) is 3.38. The maximum absolute atomic E-state index is 5.17. The van der Waals surface area contributed by atoms with Crippen molar-refractivity contribution < 1.29 is 4.74 Å². The molecule has 2 heteroatoms. The Bertz CT molecular complexity index is 305. The highest BCUT2D eigenvalue weighted by atomic mass is 16.5. The maximum atomic E-state index is 5.17. The molecule has 70 valence electrons. The summed E-state index contributed by atoms with van der Waals surface area (Å²) in [6.45, 7) is 4.39. The summed E-state index contributed by atoms with van der Waals surface area (Å²) in [5, 5.41) is 3.28. The van der Waals surface area contributed by atoms with Gasteiger partial charge in [0, 0.05) is 19.0 Å². The van der Waals surface area contributed by atoms with Crippen molar-refractivity contribution in [3.05, 3.63) is 29.3 Å². The molecular weight excluding hydrogens is 162 g/mol. The van der Waals surface area contributed by atoms with Gasteiger partial charge in [-0.25, -0.2) is 0 Å². The standard InChI is InChI=1S/C11H15NO/c1-8-5-10(13-2)3-4-11(8)9-6-12-7-9/h3-5,9,12H,6-7H2,1-2H3. The fraction of sp³-hybridized carbons (Fsp3) is 0.455. The number of methoxy groups -OCH3 is 1. The lowest BCUT2D eigenvalue weighted by molar-refractivity contribution is 0.412. The van der Waals surface area contributed by atoms with Crippen LogP contribution in [0.5, 0.6) is 5.75 Å². The van der Waals surface area contributed by atoms with Crippen LogP contribution in [0, 0.1) is 6.92 Å². The van der Waals surface area contributed by atoms with Gasteiger partial charge >= 0.3 is 0 Å². The lowest BCUT2D eigenvalue weighted by Crippen LogP contribution is -2.40. The monoisotopic (exact) mass is 177 g/mol. The highest BCUT2D eigenvalue weighted by Gasteiger charge is 2.20. The van der Waals surface area contributed by atoms with E-state index in [-0.39, 0.29) is 0 Å². The van der Waals surface area contributed by atoms with Gasteiger partial charge in [-0.05, 0) is 30.2 Å². The molecule has 0 radical (unpaired) electrons. The fourth-order valence-corrected chi connectivity index (χ4v) is 1.74. The number of nitrogens with one attached hydrogen (secondary N) is 1. The van der Waals surface area contributed by atoms with Gasteiger partial charge in [0.15, 0.2) is 0 Å². The van der Waals surface area contributed by atoms with E-state index in [1.807, 2.05) is 6.07 Å². The predicted molar refractivity (Wildman–Crippen MR) is 53.3 cm³/mol. The molecule has 1 aliphatic rings. The van der Waals surface area contributed by atoms with E-state index < -0.39 is 0 Å². The Morgan fingerprint density at radius 2 is 2.15 bits per heavy atom. The topological polar surface area (TPSA) is 21.3 Å². The molecule has 2 nitrogen and oxygen atoms in total. The molecule has 1 aromatic rings. The van der Waals surface area contributed by atoms with E-state index in [9.17, 15) is 0 Å². The minimum atomic E-state index is 0.714. The first-order valence-electron chi connectivity index (χ1n) is 4.66. The second-order valence-corrected chi connectivity index (χ2v) is 3.58. The number of rotatable bonds is 2. The predicted octanol–water partition coefficient (Wildman–Crippen LogP) is 1.69.